The van der Waals surface area contributed by atoms with Gasteiger partial charge in [0, 0.05) is 12.2 Å². The van der Waals surface area contributed by atoms with Crippen molar-refractivity contribution in [1.29, 1.82) is 0 Å². The van der Waals surface area contributed by atoms with E-state index in [1.165, 1.54) is 27.5 Å². The van der Waals surface area contributed by atoms with Crippen molar-refractivity contribution < 1.29 is 23.8 Å². The van der Waals surface area contributed by atoms with Crippen LogP contribution in [0.3, 0.4) is 0 Å². The molecule has 1 saturated heterocycles. The Kier molecular flexibility index (Phi) is 8.14. The van der Waals surface area contributed by atoms with E-state index in [0.29, 0.717) is 26.1 Å². The maximum Gasteiger partial charge on any atom is 0.279 e. The molecule has 1 heterocycles. The van der Waals surface area contributed by atoms with Gasteiger partial charge in [0.2, 0.25) is 0 Å². The molecule has 2 amide bonds. The molecule has 0 saturated carbocycles. The summed E-state index contributed by atoms with van der Waals surface area (Å²) in [5.41, 5.74) is 4.15. The number of aryl methyl sites for hydroxylation is 1. The fourth-order valence-electron chi connectivity index (χ4n) is 3.91. The first kappa shape index (κ1) is 22.9. The van der Waals surface area contributed by atoms with Crippen LogP contribution in [0.5, 0.6) is 0 Å². The number of quaternary nitrogens is 2. The second kappa shape index (κ2) is 11.0. The maximum atomic E-state index is 12.9. The fraction of sp³-hybridized carbons (Fsp3) is 0.417. The molecule has 0 bridgehead atoms. The molecular weight excluding hydrogens is 395 g/mol. The van der Waals surface area contributed by atoms with Crippen LogP contribution >= 0.6 is 0 Å². The van der Waals surface area contributed by atoms with Gasteiger partial charge in [0.05, 0.1) is 0 Å². The highest BCUT2D eigenvalue weighted by molar-refractivity contribution is 5.92. The van der Waals surface area contributed by atoms with Gasteiger partial charge in [-0.25, -0.2) is 4.39 Å². The standard InChI is InChI=1S/C24H31FN4O2/c1-18-4-3-5-22(19(18)2)27-24(31)17-29-14-12-28(13-15-29)16-23(30)26-11-10-20-6-8-21(25)9-7-20/h3-9H,10-17H2,1-2H3,(H,26,30)(H,27,31)/p+2. The van der Waals surface area contributed by atoms with Gasteiger partial charge in [-0.2, -0.15) is 0 Å². The molecule has 7 heteroatoms. The van der Waals surface area contributed by atoms with Crippen LogP contribution < -0.4 is 20.4 Å². The molecular formula is C24H33FN4O2+2. The van der Waals surface area contributed by atoms with E-state index in [-0.39, 0.29) is 17.6 Å². The van der Waals surface area contributed by atoms with Crippen LogP contribution in [0.2, 0.25) is 0 Å². The number of nitrogens with one attached hydrogen (secondary N) is 4. The summed E-state index contributed by atoms with van der Waals surface area (Å²) < 4.78 is 12.9. The molecule has 0 radical (unpaired) electrons. The van der Waals surface area contributed by atoms with Crippen LogP contribution in [0.4, 0.5) is 10.1 Å². The number of piperazine rings is 1. The van der Waals surface area contributed by atoms with Crippen molar-refractivity contribution in [2.24, 2.45) is 0 Å². The molecule has 0 aromatic heterocycles. The topological polar surface area (TPSA) is 67.1 Å². The number of carbonyl (C=O) groups is 2. The lowest BCUT2D eigenvalue weighted by Crippen LogP contribution is -3.28. The monoisotopic (exact) mass is 428 g/mol. The Morgan fingerprint density at radius 3 is 2.16 bits per heavy atom. The minimum Gasteiger partial charge on any atom is -0.351 e. The van der Waals surface area contributed by atoms with Crippen molar-refractivity contribution in [1.82, 2.24) is 5.32 Å². The molecule has 1 fully saturated rings. The number of amides is 2. The van der Waals surface area contributed by atoms with Crippen molar-refractivity contribution in [3.05, 3.63) is 65.0 Å². The molecule has 2 aromatic rings. The van der Waals surface area contributed by atoms with E-state index in [1.807, 2.05) is 32.0 Å². The minimum atomic E-state index is -0.250. The van der Waals surface area contributed by atoms with E-state index < -0.39 is 0 Å². The van der Waals surface area contributed by atoms with E-state index in [9.17, 15) is 14.0 Å². The maximum absolute atomic E-state index is 12.9. The lowest BCUT2D eigenvalue weighted by molar-refractivity contribution is -1.00. The van der Waals surface area contributed by atoms with Crippen molar-refractivity contribution >= 4 is 17.5 Å². The number of rotatable bonds is 8. The Bertz CT molecular complexity index is 893. The van der Waals surface area contributed by atoms with Gasteiger partial charge in [0.1, 0.15) is 32.0 Å². The summed E-state index contributed by atoms with van der Waals surface area (Å²) in [5.74, 6) is -0.181. The smallest absolute Gasteiger partial charge is 0.279 e. The van der Waals surface area contributed by atoms with Crippen molar-refractivity contribution in [3.8, 4) is 0 Å². The highest BCUT2D eigenvalue weighted by Gasteiger charge is 2.26. The highest BCUT2D eigenvalue weighted by Crippen LogP contribution is 2.17. The molecule has 0 spiro atoms. The summed E-state index contributed by atoms with van der Waals surface area (Å²) >= 11 is 0. The fourth-order valence-corrected chi connectivity index (χ4v) is 3.91. The molecule has 0 aliphatic carbocycles. The first-order valence-corrected chi connectivity index (χ1v) is 10.9. The Morgan fingerprint density at radius 1 is 0.903 bits per heavy atom. The van der Waals surface area contributed by atoms with Crippen molar-refractivity contribution in [3.63, 3.8) is 0 Å². The lowest BCUT2D eigenvalue weighted by Gasteiger charge is -2.29. The molecule has 1 aliphatic heterocycles. The van der Waals surface area contributed by atoms with Gasteiger partial charge in [0.15, 0.2) is 13.1 Å². The first-order valence-electron chi connectivity index (χ1n) is 10.9. The number of benzene rings is 2. The molecule has 3 rings (SSSR count). The Morgan fingerprint density at radius 2 is 1.52 bits per heavy atom. The van der Waals surface area contributed by atoms with Crippen LogP contribution in [0.1, 0.15) is 16.7 Å². The molecule has 4 N–H and O–H groups in total. The van der Waals surface area contributed by atoms with E-state index in [2.05, 4.69) is 10.6 Å². The second-order valence-corrected chi connectivity index (χ2v) is 8.38. The van der Waals surface area contributed by atoms with Crippen LogP contribution in [-0.2, 0) is 16.0 Å². The quantitative estimate of drug-likeness (QED) is 0.459. The van der Waals surface area contributed by atoms with Crippen LogP contribution in [0.15, 0.2) is 42.5 Å². The van der Waals surface area contributed by atoms with E-state index in [0.717, 1.165) is 43.0 Å². The molecule has 2 aromatic carbocycles. The predicted molar refractivity (Wildman–Crippen MR) is 119 cm³/mol. The number of halogens is 1. The third kappa shape index (κ3) is 7.15. The van der Waals surface area contributed by atoms with Gasteiger partial charge >= 0.3 is 0 Å². The zero-order valence-corrected chi connectivity index (χ0v) is 18.4. The number of carbonyl (C=O) groups excluding carboxylic acids is 2. The van der Waals surface area contributed by atoms with Gasteiger partial charge in [0.25, 0.3) is 11.8 Å². The summed E-state index contributed by atoms with van der Waals surface area (Å²) in [6, 6.07) is 12.3. The molecule has 31 heavy (non-hydrogen) atoms. The van der Waals surface area contributed by atoms with E-state index in [1.54, 1.807) is 12.1 Å². The molecule has 166 valence electrons. The van der Waals surface area contributed by atoms with Crippen molar-refractivity contribution in [2.45, 2.75) is 20.3 Å². The summed E-state index contributed by atoms with van der Waals surface area (Å²) in [6.45, 7) is 9.00. The summed E-state index contributed by atoms with van der Waals surface area (Å²) in [5, 5.41) is 5.98. The van der Waals surface area contributed by atoms with Gasteiger partial charge < -0.3 is 20.4 Å². The highest BCUT2D eigenvalue weighted by atomic mass is 19.1. The van der Waals surface area contributed by atoms with Gasteiger partial charge in [-0.3, -0.25) is 9.59 Å². The van der Waals surface area contributed by atoms with Gasteiger partial charge in [-0.05, 0) is 55.2 Å². The number of hydrogen-bond acceptors (Lipinski definition) is 2. The third-order valence-electron chi connectivity index (χ3n) is 6.01. The summed E-state index contributed by atoms with van der Waals surface area (Å²) in [6.07, 6.45) is 0.689. The number of hydrogen-bond donors (Lipinski definition) is 4. The molecule has 0 unspecified atom stereocenters. The van der Waals surface area contributed by atoms with E-state index >= 15 is 0 Å². The van der Waals surface area contributed by atoms with E-state index in [4.69, 9.17) is 0 Å². The van der Waals surface area contributed by atoms with Crippen LogP contribution in [-0.4, -0.2) is 57.6 Å². The number of anilines is 1. The average Bonchev–Trinajstić information content (AvgIpc) is 2.74. The Balaban J connectivity index is 1.33. The zero-order valence-electron chi connectivity index (χ0n) is 18.4. The van der Waals surface area contributed by atoms with Gasteiger partial charge in [-0.1, -0.05) is 24.3 Å². The Labute approximate surface area is 183 Å². The van der Waals surface area contributed by atoms with Crippen LogP contribution in [0, 0.1) is 19.7 Å². The third-order valence-corrected chi connectivity index (χ3v) is 6.01. The zero-order chi connectivity index (χ0) is 22.2. The normalized spacial score (nSPS) is 18.4. The Hall–Kier alpha value is -2.77. The SMILES string of the molecule is Cc1cccc(NC(=O)C[NH+]2CC[NH+](CC(=O)NCCc3ccc(F)cc3)CC2)c1C. The minimum absolute atomic E-state index is 0.0330. The molecule has 0 atom stereocenters. The first-order chi connectivity index (χ1) is 14.9. The molecule has 1 aliphatic rings. The largest absolute Gasteiger partial charge is 0.351 e. The summed E-state index contributed by atoms with van der Waals surface area (Å²) in [4.78, 5) is 27.1. The second-order valence-electron chi connectivity index (χ2n) is 8.38. The van der Waals surface area contributed by atoms with Gasteiger partial charge in [-0.15, -0.1) is 0 Å². The summed E-state index contributed by atoms with van der Waals surface area (Å²) in [7, 11) is 0. The van der Waals surface area contributed by atoms with Crippen LogP contribution in [0.25, 0.3) is 0 Å². The predicted octanol–water partition coefficient (Wildman–Crippen LogP) is -0.477. The molecule has 6 nitrogen and oxygen atoms in total. The lowest BCUT2D eigenvalue weighted by atomic mass is 10.1. The average molecular weight is 429 g/mol. The van der Waals surface area contributed by atoms with Crippen molar-refractivity contribution in [2.75, 3.05) is 51.1 Å².